The zero-order valence-electron chi connectivity index (χ0n) is 5.62. The summed E-state index contributed by atoms with van der Waals surface area (Å²) in [4.78, 5) is 4.05. The molecule has 1 aromatic heterocycles. The highest BCUT2D eigenvalue weighted by molar-refractivity contribution is 4.93. The largest absolute Gasteiger partial charge is 0.449 e. The summed E-state index contributed by atoms with van der Waals surface area (Å²) >= 11 is 0. The molecule has 1 fully saturated rings. The van der Waals surface area contributed by atoms with Crippen LogP contribution in [0.5, 0.6) is 0 Å². The van der Waals surface area contributed by atoms with Crippen LogP contribution < -0.4 is 0 Å². The summed E-state index contributed by atoms with van der Waals surface area (Å²) in [5.41, 5.74) is 0. The van der Waals surface area contributed by atoms with E-state index in [0.717, 1.165) is 25.5 Å². The molecular formula is C7H9NO2. The Balaban J connectivity index is 2.12. The van der Waals surface area contributed by atoms with Gasteiger partial charge in [-0.05, 0) is 6.42 Å². The maximum absolute atomic E-state index is 5.18. The SMILES string of the molecule is c1coc(C2CCOC2)n1. The first-order valence-corrected chi connectivity index (χ1v) is 3.44. The molecule has 0 bridgehead atoms. The van der Waals surface area contributed by atoms with Gasteiger partial charge in [0.15, 0.2) is 5.89 Å². The summed E-state index contributed by atoms with van der Waals surface area (Å²) in [5.74, 6) is 1.22. The molecule has 1 aliphatic heterocycles. The van der Waals surface area contributed by atoms with Crippen molar-refractivity contribution < 1.29 is 9.15 Å². The molecule has 0 N–H and O–H groups in total. The Kier molecular flexibility index (Phi) is 1.43. The van der Waals surface area contributed by atoms with E-state index in [1.54, 1.807) is 12.5 Å². The average Bonchev–Trinajstić information content (AvgIpc) is 2.59. The van der Waals surface area contributed by atoms with Gasteiger partial charge in [-0.15, -0.1) is 0 Å². The monoisotopic (exact) mass is 139 g/mol. The fourth-order valence-corrected chi connectivity index (χ4v) is 1.17. The molecule has 1 unspecified atom stereocenters. The Hall–Kier alpha value is -0.830. The molecule has 0 amide bonds. The standard InChI is InChI=1S/C7H9NO2/c1-3-9-5-6(1)7-8-2-4-10-7/h2,4,6H,1,3,5H2. The van der Waals surface area contributed by atoms with E-state index < -0.39 is 0 Å². The Morgan fingerprint density at radius 1 is 1.60 bits per heavy atom. The zero-order valence-corrected chi connectivity index (χ0v) is 5.62. The third-order valence-corrected chi connectivity index (χ3v) is 1.73. The summed E-state index contributed by atoms with van der Waals surface area (Å²) < 4.78 is 10.3. The van der Waals surface area contributed by atoms with Crippen LogP contribution in [0.4, 0.5) is 0 Å². The van der Waals surface area contributed by atoms with Crippen molar-refractivity contribution in [1.82, 2.24) is 4.98 Å². The summed E-state index contributed by atoms with van der Waals surface area (Å²) in [6.45, 7) is 1.60. The van der Waals surface area contributed by atoms with Gasteiger partial charge in [-0.2, -0.15) is 0 Å². The molecule has 2 heterocycles. The van der Waals surface area contributed by atoms with Crippen molar-refractivity contribution in [3.05, 3.63) is 18.4 Å². The third-order valence-electron chi connectivity index (χ3n) is 1.73. The van der Waals surface area contributed by atoms with E-state index in [1.807, 2.05) is 0 Å². The molecule has 1 atom stereocenters. The van der Waals surface area contributed by atoms with Gasteiger partial charge in [0.05, 0.1) is 18.7 Å². The fourth-order valence-electron chi connectivity index (χ4n) is 1.17. The van der Waals surface area contributed by atoms with E-state index >= 15 is 0 Å². The highest BCUT2D eigenvalue weighted by atomic mass is 16.5. The summed E-state index contributed by atoms with van der Waals surface area (Å²) in [7, 11) is 0. The maximum Gasteiger partial charge on any atom is 0.199 e. The maximum atomic E-state index is 5.18. The predicted molar refractivity (Wildman–Crippen MR) is 34.7 cm³/mol. The van der Waals surface area contributed by atoms with Gasteiger partial charge in [0.2, 0.25) is 0 Å². The number of aromatic nitrogens is 1. The van der Waals surface area contributed by atoms with Crippen LogP contribution in [0.15, 0.2) is 16.9 Å². The van der Waals surface area contributed by atoms with E-state index in [-0.39, 0.29) is 0 Å². The molecular weight excluding hydrogens is 130 g/mol. The Bertz CT molecular complexity index is 189. The Labute approximate surface area is 59.0 Å². The molecule has 0 radical (unpaired) electrons. The van der Waals surface area contributed by atoms with E-state index in [4.69, 9.17) is 9.15 Å². The van der Waals surface area contributed by atoms with E-state index in [1.165, 1.54) is 0 Å². The highest BCUT2D eigenvalue weighted by Gasteiger charge is 2.20. The minimum Gasteiger partial charge on any atom is -0.449 e. The van der Waals surface area contributed by atoms with Crippen molar-refractivity contribution in [1.29, 1.82) is 0 Å². The Morgan fingerprint density at radius 2 is 2.60 bits per heavy atom. The van der Waals surface area contributed by atoms with Gasteiger partial charge in [-0.1, -0.05) is 0 Å². The number of hydrogen-bond acceptors (Lipinski definition) is 3. The molecule has 1 aliphatic rings. The molecule has 0 aromatic carbocycles. The van der Waals surface area contributed by atoms with Gasteiger partial charge < -0.3 is 9.15 Å². The summed E-state index contributed by atoms with van der Waals surface area (Å²) in [6.07, 6.45) is 4.32. The van der Waals surface area contributed by atoms with E-state index in [2.05, 4.69) is 4.98 Å². The van der Waals surface area contributed by atoms with Gasteiger partial charge in [0, 0.05) is 6.61 Å². The van der Waals surface area contributed by atoms with Crippen molar-refractivity contribution in [2.75, 3.05) is 13.2 Å². The molecule has 0 aliphatic carbocycles. The van der Waals surface area contributed by atoms with Gasteiger partial charge in [0.1, 0.15) is 6.26 Å². The van der Waals surface area contributed by atoms with Crippen molar-refractivity contribution in [2.24, 2.45) is 0 Å². The van der Waals surface area contributed by atoms with Crippen molar-refractivity contribution in [3.63, 3.8) is 0 Å². The molecule has 0 spiro atoms. The zero-order chi connectivity index (χ0) is 6.81. The first-order valence-electron chi connectivity index (χ1n) is 3.44. The number of nitrogens with zero attached hydrogens (tertiary/aromatic N) is 1. The number of ether oxygens (including phenoxy) is 1. The first-order chi connectivity index (χ1) is 4.97. The lowest BCUT2D eigenvalue weighted by Crippen LogP contribution is -1.96. The molecule has 3 nitrogen and oxygen atoms in total. The van der Waals surface area contributed by atoms with Crippen LogP contribution in [0, 0.1) is 0 Å². The second kappa shape index (κ2) is 2.42. The van der Waals surface area contributed by atoms with Crippen LogP contribution in [0.1, 0.15) is 18.2 Å². The van der Waals surface area contributed by atoms with Crippen molar-refractivity contribution in [3.8, 4) is 0 Å². The molecule has 2 rings (SSSR count). The van der Waals surface area contributed by atoms with Crippen LogP contribution in [-0.4, -0.2) is 18.2 Å². The lowest BCUT2D eigenvalue weighted by molar-refractivity contribution is 0.190. The minimum absolute atomic E-state index is 0.398. The minimum atomic E-state index is 0.398. The molecule has 0 saturated carbocycles. The predicted octanol–water partition coefficient (Wildman–Crippen LogP) is 1.18. The fraction of sp³-hybridized carbons (Fsp3) is 0.571. The van der Waals surface area contributed by atoms with Crippen molar-refractivity contribution in [2.45, 2.75) is 12.3 Å². The van der Waals surface area contributed by atoms with Gasteiger partial charge >= 0.3 is 0 Å². The van der Waals surface area contributed by atoms with Gasteiger partial charge in [-0.3, -0.25) is 0 Å². The normalized spacial score (nSPS) is 25.4. The van der Waals surface area contributed by atoms with Crippen LogP contribution in [-0.2, 0) is 4.74 Å². The second-order valence-corrected chi connectivity index (χ2v) is 2.43. The topological polar surface area (TPSA) is 35.3 Å². The average molecular weight is 139 g/mol. The van der Waals surface area contributed by atoms with Gasteiger partial charge in [0.25, 0.3) is 0 Å². The van der Waals surface area contributed by atoms with Crippen LogP contribution >= 0.6 is 0 Å². The number of hydrogen-bond donors (Lipinski definition) is 0. The number of rotatable bonds is 1. The molecule has 3 heteroatoms. The lowest BCUT2D eigenvalue weighted by atomic mass is 10.1. The molecule has 1 saturated heterocycles. The third kappa shape index (κ3) is 0.926. The smallest absolute Gasteiger partial charge is 0.199 e. The van der Waals surface area contributed by atoms with Gasteiger partial charge in [-0.25, -0.2) is 4.98 Å². The van der Waals surface area contributed by atoms with E-state index in [0.29, 0.717) is 5.92 Å². The summed E-state index contributed by atoms with van der Waals surface area (Å²) in [5, 5.41) is 0. The highest BCUT2D eigenvalue weighted by Crippen LogP contribution is 2.22. The van der Waals surface area contributed by atoms with Crippen molar-refractivity contribution >= 4 is 0 Å². The summed E-state index contributed by atoms with van der Waals surface area (Å²) in [6, 6.07) is 0. The first kappa shape index (κ1) is 5.92. The molecule has 54 valence electrons. The Morgan fingerprint density at radius 3 is 3.20 bits per heavy atom. The lowest BCUT2D eigenvalue weighted by Gasteiger charge is -1.98. The molecule has 10 heavy (non-hydrogen) atoms. The second-order valence-electron chi connectivity index (χ2n) is 2.43. The molecule has 1 aromatic rings. The van der Waals surface area contributed by atoms with Crippen LogP contribution in [0.2, 0.25) is 0 Å². The van der Waals surface area contributed by atoms with Crippen LogP contribution in [0.25, 0.3) is 0 Å². The quantitative estimate of drug-likeness (QED) is 0.586. The number of oxazole rings is 1. The van der Waals surface area contributed by atoms with Crippen LogP contribution in [0.3, 0.4) is 0 Å². The van der Waals surface area contributed by atoms with E-state index in [9.17, 15) is 0 Å².